The van der Waals surface area contributed by atoms with E-state index in [4.69, 9.17) is 5.73 Å². The molecule has 1 aromatic heterocycles. The molecule has 0 atom stereocenters. The van der Waals surface area contributed by atoms with Crippen LogP contribution in [0.15, 0.2) is 0 Å². The Morgan fingerprint density at radius 1 is 1.42 bits per heavy atom. The molecule has 1 heterocycles. The summed E-state index contributed by atoms with van der Waals surface area (Å²) in [6.07, 6.45) is 0. The van der Waals surface area contributed by atoms with E-state index in [-0.39, 0.29) is 18.2 Å². The van der Waals surface area contributed by atoms with E-state index in [0.717, 1.165) is 5.69 Å². The molecule has 8 heteroatoms. The predicted molar refractivity (Wildman–Crippen MR) is 77.7 cm³/mol. The molecule has 110 valence electrons. The summed E-state index contributed by atoms with van der Waals surface area (Å²) >= 11 is 0. The molecule has 1 aromatic rings. The molecule has 0 aliphatic rings. The van der Waals surface area contributed by atoms with Crippen molar-refractivity contribution in [2.75, 3.05) is 29.9 Å². The topological polar surface area (TPSA) is 102 Å². The maximum Gasteiger partial charge on any atom is 0.213 e. The minimum Gasteiger partial charge on any atom is -0.394 e. The summed E-state index contributed by atoms with van der Waals surface area (Å²) < 4.78 is 27.1. The molecular weight excluding hydrogens is 266 g/mol. The Labute approximate surface area is 114 Å². The van der Waals surface area contributed by atoms with Crippen molar-refractivity contribution in [2.24, 2.45) is 7.05 Å². The fourth-order valence-electron chi connectivity index (χ4n) is 1.79. The molecule has 4 N–H and O–H groups in total. The molecule has 0 unspecified atom stereocenters. The first-order valence-electron chi connectivity index (χ1n) is 6.32. The summed E-state index contributed by atoms with van der Waals surface area (Å²) in [6.45, 7) is 6.46. The normalized spacial score (nSPS) is 12.1. The van der Waals surface area contributed by atoms with Gasteiger partial charge in [0.15, 0.2) is 0 Å². The summed E-state index contributed by atoms with van der Waals surface area (Å²) in [5, 5.41) is 7.35. The molecule has 0 bridgehead atoms. The number of aryl methyl sites for hydroxylation is 1. The van der Waals surface area contributed by atoms with Gasteiger partial charge in [0.1, 0.15) is 5.82 Å². The lowest BCUT2D eigenvalue weighted by Crippen LogP contribution is -2.29. The fourth-order valence-corrected chi connectivity index (χ4v) is 2.75. The SMILES string of the molecule is CCNS(=O)(=O)CCNc1c(N)c(C(C)C)nn1C. The molecule has 0 aromatic carbocycles. The number of hydrogen-bond acceptors (Lipinski definition) is 5. The third kappa shape index (κ3) is 4.10. The van der Waals surface area contributed by atoms with E-state index >= 15 is 0 Å². The maximum atomic E-state index is 11.5. The average Bonchev–Trinajstić information content (AvgIpc) is 2.56. The van der Waals surface area contributed by atoms with Gasteiger partial charge in [0.25, 0.3) is 0 Å². The van der Waals surface area contributed by atoms with E-state index in [1.807, 2.05) is 13.8 Å². The molecule has 0 aliphatic carbocycles. The molecule has 0 saturated carbocycles. The Morgan fingerprint density at radius 2 is 2.05 bits per heavy atom. The zero-order chi connectivity index (χ0) is 14.6. The van der Waals surface area contributed by atoms with Crippen LogP contribution >= 0.6 is 0 Å². The van der Waals surface area contributed by atoms with Crippen LogP contribution in [0.1, 0.15) is 32.4 Å². The van der Waals surface area contributed by atoms with Crippen molar-refractivity contribution >= 4 is 21.5 Å². The minimum atomic E-state index is -3.22. The Morgan fingerprint density at radius 3 is 2.53 bits per heavy atom. The summed E-state index contributed by atoms with van der Waals surface area (Å²) in [4.78, 5) is 0. The molecule has 0 saturated heterocycles. The van der Waals surface area contributed by atoms with Gasteiger partial charge >= 0.3 is 0 Å². The Bertz CT molecular complexity index is 521. The third-order valence-corrected chi connectivity index (χ3v) is 4.16. The van der Waals surface area contributed by atoms with Gasteiger partial charge < -0.3 is 11.1 Å². The molecule has 0 amide bonds. The number of nitrogens with one attached hydrogen (secondary N) is 2. The largest absolute Gasteiger partial charge is 0.394 e. The molecule has 0 spiro atoms. The molecule has 19 heavy (non-hydrogen) atoms. The second kappa shape index (κ2) is 6.25. The maximum absolute atomic E-state index is 11.5. The van der Waals surface area contributed by atoms with Crippen LogP contribution in [0.25, 0.3) is 0 Å². The van der Waals surface area contributed by atoms with Crippen LogP contribution in [0.3, 0.4) is 0 Å². The summed E-state index contributed by atoms with van der Waals surface area (Å²) in [7, 11) is -1.44. The molecule has 0 aliphatic heterocycles. The average molecular weight is 289 g/mol. The Balaban J connectivity index is 2.69. The van der Waals surface area contributed by atoms with Crippen LogP contribution in [-0.4, -0.2) is 37.0 Å². The van der Waals surface area contributed by atoms with Gasteiger partial charge in [0.05, 0.1) is 17.1 Å². The van der Waals surface area contributed by atoms with Gasteiger partial charge in [-0.3, -0.25) is 4.68 Å². The van der Waals surface area contributed by atoms with Crippen LogP contribution in [0, 0.1) is 0 Å². The van der Waals surface area contributed by atoms with Gasteiger partial charge in [-0.25, -0.2) is 13.1 Å². The highest BCUT2D eigenvalue weighted by atomic mass is 32.2. The quantitative estimate of drug-likeness (QED) is 0.677. The number of sulfonamides is 1. The van der Waals surface area contributed by atoms with Gasteiger partial charge in [-0.2, -0.15) is 5.10 Å². The van der Waals surface area contributed by atoms with Crippen LogP contribution < -0.4 is 15.8 Å². The monoisotopic (exact) mass is 289 g/mol. The summed E-state index contributed by atoms with van der Waals surface area (Å²) in [5.41, 5.74) is 7.40. The van der Waals surface area contributed by atoms with E-state index in [0.29, 0.717) is 18.1 Å². The first-order chi connectivity index (χ1) is 8.78. The van der Waals surface area contributed by atoms with E-state index in [1.165, 1.54) is 0 Å². The van der Waals surface area contributed by atoms with E-state index in [1.54, 1.807) is 18.7 Å². The summed E-state index contributed by atoms with van der Waals surface area (Å²) in [6, 6.07) is 0. The van der Waals surface area contributed by atoms with E-state index in [9.17, 15) is 8.42 Å². The zero-order valence-electron chi connectivity index (χ0n) is 11.9. The molecule has 7 nitrogen and oxygen atoms in total. The third-order valence-electron chi connectivity index (χ3n) is 2.69. The van der Waals surface area contributed by atoms with Crippen LogP contribution in [-0.2, 0) is 17.1 Å². The molecule has 0 fully saturated rings. The zero-order valence-corrected chi connectivity index (χ0v) is 12.7. The molecule has 0 radical (unpaired) electrons. The number of anilines is 2. The smallest absolute Gasteiger partial charge is 0.213 e. The van der Waals surface area contributed by atoms with Crippen molar-refractivity contribution in [1.82, 2.24) is 14.5 Å². The van der Waals surface area contributed by atoms with Crippen LogP contribution in [0.4, 0.5) is 11.5 Å². The highest BCUT2D eigenvalue weighted by Gasteiger charge is 2.16. The molecule has 1 rings (SSSR count). The lowest BCUT2D eigenvalue weighted by molar-refractivity contribution is 0.584. The van der Waals surface area contributed by atoms with Crippen molar-refractivity contribution in [3.8, 4) is 0 Å². The van der Waals surface area contributed by atoms with E-state index < -0.39 is 10.0 Å². The minimum absolute atomic E-state index is 0.00245. The predicted octanol–water partition coefficient (Wildman–Crippen LogP) is 0.477. The fraction of sp³-hybridized carbons (Fsp3) is 0.727. The van der Waals surface area contributed by atoms with Crippen molar-refractivity contribution in [1.29, 1.82) is 0 Å². The van der Waals surface area contributed by atoms with Gasteiger partial charge in [0.2, 0.25) is 10.0 Å². The number of rotatable bonds is 7. The van der Waals surface area contributed by atoms with Crippen molar-refractivity contribution < 1.29 is 8.42 Å². The lowest BCUT2D eigenvalue weighted by Gasteiger charge is -2.08. The highest BCUT2D eigenvalue weighted by molar-refractivity contribution is 7.89. The second-order valence-corrected chi connectivity index (χ2v) is 6.60. The Hall–Kier alpha value is -1.28. The van der Waals surface area contributed by atoms with Crippen LogP contribution in [0.2, 0.25) is 0 Å². The highest BCUT2D eigenvalue weighted by Crippen LogP contribution is 2.27. The number of nitrogens with zero attached hydrogens (tertiary/aromatic N) is 2. The number of aromatic nitrogens is 2. The number of nitrogen functional groups attached to an aromatic ring is 1. The Kier molecular flexibility index (Phi) is 5.19. The van der Waals surface area contributed by atoms with Crippen molar-refractivity contribution in [3.05, 3.63) is 5.69 Å². The first kappa shape index (κ1) is 15.8. The van der Waals surface area contributed by atoms with Gasteiger partial charge in [0, 0.05) is 20.1 Å². The van der Waals surface area contributed by atoms with Crippen molar-refractivity contribution in [3.63, 3.8) is 0 Å². The van der Waals surface area contributed by atoms with Crippen molar-refractivity contribution in [2.45, 2.75) is 26.7 Å². The van der Waals surface area contributed by atoms with Gasteiger partial charge in [-0.15, -0.1) is 0 Å². The standard InChI is InChI=1S/C11H23N5O2S/c1-5-14-19(17,18)7-6-13-11-9(12)10(8(2)3)15-16(11)4/h8,13-14H,5-7,12H2,1-4H3. The first-order valence-corrected chi connectivity index (χ1v) is 7.97. The van der Waals surface area contributed by atoms with Gasteiger partial charge in [-0.1, -0.05) is 20.8 Å². The van der Waals surface area contributed by atoms with E-state index in [2.05, 4.69) is 15.1 Å². The lowest BCUT2D eigenvalue weighted by atomic mass is 10.1. The van der Waals surface area contributed by atoms with Crippen LogP contribution in [0.5, 0.6) is 0 Å². The summed E-state index contributed by atoms with van der Waals surface area (Å²) in [5.74, 6) is 0.894. The number of nitrogens with two attached hydrogens (primary N) is 1. The number of hydrogen-bond donors (Lipinski definition) is 3. The second-order valence-electron chi connectivity index (χ2n) is 4.67. The molecular formula is C11H23N5O2S. The van der Waals surface area contributed by atoms with Gasteiger partial charge in [-0.05, 0) is 5.92 Å².